The summed E-state index contributed by atoms with van der Waals surface area (Å²) in [4.78, 5) is 6.24. The number of hydrogen-bond donors (Lipinski definition) is 3. The molecule has 2 atom stereocenters. The largest absolute Gasteiger partial charge is 0.390 e. The van der Waals surface area contributed by atoms with Crippen molar-refractivity contribution in [2.75, 3.05) is 18.0 Å². The van der Waals surface area contributed by atoms with Gasteiger partial charge in [-0.1, -0.05) is 6.07 Å². The molecule has 3 heterocycles. The van der Waals surface area contributed by atoms with Crippen LogP contribution in [0.5, 0.6) is 0 Å². The van der Waals surface area contributed by atoms with Crippen LogP contribution in [0.25, 0.3) is 5.65 Å². The van der Waals surface area contributed by atoms with Gasteiger partial charge < -0.3 is 20.2 Å². The van der Waals surface area contributed by atoms with Gasteiger partial charge >= 0.3 is 0 Å². The molecule has 0 spiro atoms. The van der Waals surface area contributed by atoms with Crippen LogP contribution < -0.4 is 4.90 Å². The highest BCUT2D eigenvalue weighted by atomic mass is 16.3. The normalized spacial score (nSPS) is 24.1. The Morgan fingerprint density at radius 2 is 1.94 bits per heavy atom. The molecule has 2 unspecified atom stereocenters. The van der Waals surface area contributed by atoms with Crippen LogP contribution in [0.3, 0.4) is 0 Å². The van der Waals surface area contributed by atoms with Gasteiger partial charge in [-0.3, -0.25) is 4.40 Å². The van der Waals surface area contributed by atoms with Crippen molar-refractivity contribution in [2.45, 2.75) is 18.8 Å². The summed E-state index contributed by atoms with van der Waals surface area (Å²) in [5.74, 6) is 0.624. The van der Waals surface area contributed by atoms with Crippen molar-refractivity contribution in [1.82, 2.24) is 9.38 Å². The summed E-state index contributed by atoms with van der Waals surface area (Å²) in [5.41, 5.74) is 1.42. The summed E-state index contributed by atoms with van der Waals surface area (Å²) >= 11 is 0. The number of aliphatic hydroxyl groups is 3. The van der Waals surface area contributed by atoms with Crippen molar-refractivity contribution in [3.05, 3.63) is 30.1 Å². The minimum atomic E-state index is -0.763. The van der Waals surface area contributed by atoms with Gasteiger partial charge in [-0.05, 0) is 12.1 Å². The number of anilines is 1. The molecule has 6 nitrogen and oxygen atoms in total. The predicted molar refractivity (Wildman–Crippen MR) is 65.3 cm³/mol. The molecule has 1 saturated heterocycles. The zero-order chi connectivity index (χ0) is 12.7. The fraction of sp³-hybridized carbons (Fsp3) is 0.417. The Hall–Kier alpha value is -1.63. The van der Waals surface area contributed by atoms with E-state index < -0.39 is 12.2 Å². The van der Waals surface area contributed by atoms with Crippen molar-refractivity contribution in [2.24, 2.45) is 0 Å². The van der Waals surface area contributed by atoms with Gasteiger partial charge in [0.25, 0.3) is 0 Å². The second-order valence-electron chi connectivity index (χ2n) is 4.51. The topological polar surface area (TPSA) is 81.2 Å². The average molecular weight is 249 g/mol. The van der Waals surface area contributed by atoms with E-state index in [1.807, 2.05) is 28.8 Å². The van der Waals surface area contributed by atoms with Crippen LogP contribution in [0.4, 0.5) is 5.82 Å². The molecule has 2 aromatic heterocycles. The van der Waals surface area contributed by atoms with Gasteiger partial charge in [-0.25, -0.2) is 4.98 Å². The highest BCUT2D eigenvalue weighted by molar-refractivity contribution is 5.56. The zero-order valence-electron chi connectivity index (χ0n) is 9.77. The molecular weight excluding hydrogens is 234 g/mol. The number of aromatic nitrogens is 2. The highest BCUT2D eigenvalue weighted by Crippen LogP contribution is 2.25. The van der Waals surface area contributed by atoms with E-state index >= 15 is 0 Å². The summed E-state index contributed by atoms with van der Waals surface area (Å²) in [6.07, 6.45) is 0.308. The average Bonchev–Trinajstić information content (AvgIpc) is 2.90. The Balaban J connectivity index is 2.06. The molecule has 0 radical (unpaired) electrons. The first-order chi connectivity index (χ1) is 8.70. The van der Waals surface area contributed by atoms with Gasteiger partial charge in [0.15, 0.2) is 5.82 Å². The molecule has 1 aliphatic rings. The van der Waals surface area contributed by atoms with Crippen LogP contribution in [0.15, 0.2) is 24.4 Å². The molecule has 0 aliphatic carbocycles. The molecule has 2 aromatic rings. The zero-order valence-corrected chi connectivity index (χ0v) is 9.77. The van der Waals surface area contributed by atoms with E-state index in [0.29, 0.717) is 24.6 Å². The van der Waals surface area contributed by atoms with Crippen molar-refractivity contribution >= 4 is 11.5 Å². The third-order valence-electron chi connectivity index (χ3n) is 3.32. The molecular formula is C12H15N3O3. The van der Waals surface area contributed by atoms with E-state index in [9.17, 15) is 15.3 Å². The van der Waals surface area contributed by atoms with Crippen molar-refractivity contribution in [1.29, 1.82) is 0 Å². The molecule has 18 heavy (non-hydrogen) atoms. The summed E-state index contributed by atoms with van der Waals surface area (Å²) in [6, 6.07) is 5.60. The highest BCUT2D eigenvalue weighted by Gasteiger charge is 2.32. The Morgan fingerprint density at radius 1 is 1.22 bits per heavy atom. The smallest absolute Gasteiger partial charge is 0.153 e. The van der Waals surface area contributed by atoms with E-state index in [-0.39, 0.29) is 6.61 Å². The summed E-state index contributed by atoms with van der Waals surface area (Å²) in [6.45, 7) is 0.527. The quantitative estimate of drug-likeness (QED) is 0.660. The van der Waals surface area contributed by atoms with Gasteiger partial charge in [-0.15, -0.1) is 0 Å². The molecule has 0 amide bonds. The van der Waals surface area contributed by atoms with Crippen LogP contribution in [0.2, 0.25) is 0 Å². The lowest BCUT2D eigenvalue weighted by molar-refractivity contribution is 0.0572. The first kappa shape index (κ1) is 11.5. The fourth-order valence-electron chi connectivity index (χ4n) is 2.38. The van der Waals surface area contributed by atoms with Crippen molar-refractivity contribution in [3.8, 4) is 0 Å². The van der Waals surface area contributed by atoms with Gasteiger partial charge in [-0.2, -0.15) is 0 Å². The summed E-state index contributed by atoms with van der Waals surface area (Å²) < 4.78 is 1.81. The Morgan fingerprint density at radius 3 is 2.61 bits per heavy atom. The molecule has 0 bridgehead atoms. The van der Waals surface area contributed by atoms with E-state index in [2.05, 4.69) is 4.98 Å². The van der Waals surface area contributed by atoms with Crippen molar-refractivity contribution in [3.63, 3.8) is 0 Å². The molecule has 3 rings (SSSR count). The van der Waals surface area contributed by atoms with Crippen LogP contribution in [0, 0.1) is 0 Å². The molecule has 0 saturated carbocycles. The van der Waals surface area contributed by atoms with Gasteiger partial charge in [0.05, 0.1) is 24.5 Å². The maximum Gasteiger partial charge on any atom is 0.153 e. The number of β-amino-alcohol motifs (C(OH)–C–C–N with tert-alkyl or cyclic N) is 2. The first-order valence-corrected chi connectivity index (χ1v) is 5.88. The summed E-state index contributed by atoms with van der Waals surface area (Å²) in [5, 5.41) is 28.6. The maximum absolute atomic E-state index is 9.58. The monoisotopic (exact) mass is 249 g/mol. The van der Waals surface area contributed by atoms with E-state index in [4.69, 9.17) is 0 Å². The third kappa shape index (κ3) is 1.66. The van der Waals surface area contributed by atoms with Crippen LogP contribution >= 0.6 is 0 Å². The lowest BCUT2D eigenvalue weighted by Gasteiger charge is -2.15. The number of nitrogens with zero attached hydrogens (tertiary/aromatic N) is 3. The van der Waals surface area contributed by atoms with Gasteiger partial charge in [0.2, 0.25) is 0 Å². The number of imidazole rings is 1. The van der Waals surface area contributed by atoms with E-state index in [1.54, 1.807) is 4.90 Å². The van der Waals surface area contributed by atoms with E-state index in [1.165, 1.54) is 0 Å². The van der Waals surface area contributed by atoms with Gasteiger partial charge in [0, 0.05) is 19.3 Å². The maximum atomic E-state index is 9.58. The van der Waals surface area contributed by atoms with Crippen LogP contribution in [0.1, 0.15) is 5.69 Å². The predicted octanol–water partition coefficient (Wildman–Crippen LogP) is -0.632. The van der Waals surface area contributed by atoms with E-state index in [0.717, 1.165) is 5.65 Å². The Labute approximate surface area is 104 Å². The lowest BCUT2D eigenvalue weighted by atomic mass is 10.3. The minimum absolute atomic E-state index is 0.136. The number of fused-ring (bicyclic) bond motifs is 1. The Bertz CT molecular complexity index is 559. The molecule has 96 valence electrons. The third-order valence-corrected chi connectivity index (χ3v) is 3.32. The Kier molecular flexibility index (Phi) is 2.70. The lowest BCUT2D eigenvalue weighted by Crippen LogP contribution is -2.22. The molecule has 1 fully saturated rings. The second-order valence-corrected chi connectivity index (χ2v) is 4.51. The standard InChI is InChI=1S/C12H15N3O3/c16-7-8-12(14-5-9(17)10(18)6-14)13-11-3-1-2-4-15(8)11/h1-4,9-10,16-18H,5-7H2. The molecule has 6 heteroatoms. The first-order valence-electron chi connectivity index (χ1n) is 5.88. The SMILES string of the molecule is OCc1c(N2CC(O)C(O)C2)nc2ccccn12. The molecule has 0 aromatic carbocycles. The second kappa shape index (κ2) is 4.24. The minimum Gasteiger partial charge on any atom is -0.390 e. The van der Waals surface area contributed by atoms with Crippen LogP contribution in [-0.2, 0) is 6.61 Å². The molecule has 3 N–H and O–H groups in total. The van der Waals surface area contributed by atoms with Crippen LogP contribution in [-0.4, -0.2) is 50.0 Å². The van der Waals surface area contributed by atoms with Crippen molar-refractivity contribution < 1.29 is 15.3 Å². The summed E-state index contributed by atoms with van der Waals surface area (Å²) in [7, 11) is 0. The fourth-order valence-corrected chi connectivity index (χ4v) is 2.38. The number of hydrogen-bond acceptors (Lipinski definition) is 5. The van der Waals surface area contributed by atoms with Gasteiger partial charge in [0.1, 0.15) is 5.65 Å². The number of pyridine rings is 1. The number of aliphatic hydroxyl groups excluding tert-OH is 3. The molecule has 1 aliphatic heterocycles. The number of rotatable bonds is 2.